The maximum absolute atomic E-state index is 12.1. The first-order chi connectivity index (χ1) is 10.7. The first-order valence-electron chi connectivity index (χ1n) is 8.09. The van der Waals surface area contributed by atoms with Crippen LogP contribution < -0.4 is 10.2 Å². The normalized spacial score (nSPS) is 14.8. The molecule has 2 amide bonds. The van der Waals surface area contributed by atoms with Crippen molar-refractivity contribution >= 4 is 17.5 Å². The zero-order valence-electron chi connectivity index (χ0n) is 13.3. The van der Waals surface area contributed by atoms with Crippen LogP contribution in [0.1, 0.15) is 26.2 Å². The number of unbranched alkanes of at least 4 members (excludes halogenated alkanes) is 2. The summed E-state index contributed by atoms with van der Waals surface area (Å²) in [5.74, 6) is -0.867. The van der Waals surface area contributed by atoms with E-state index in [1.54, 1.807) is 4.90 Å². The van der Waals surface area contributed by atoms with Gasteiger partial charge in [0.25, 0.3) is 0 Å². The molecule has 0 saturated carbocycles. The molecule has 0 bridgehead atoms. The van der Waals surface area contributed by atoms with Crippen molar-refractivity contribution in [3.63, 3.8) is 0 Å². The molecule has 0 radical (unpaired) electrons. The van der Waals surface area contributed by atoms with Gasteiger partial charge >= 0.3 is 11.8 Å². The van der Waals surface area contributed by atoms with Crippen LogP contribution >= 0.6 is 0 Å². The highest BCUT2D eigenvalue weighted by molar-refractivity contribution is 6.35. The molecule has 120 valence electrons. The molecule has 2 rings (SSSR count). The predicted molar refractivity (Wildman–Crippen MR) is 87.8 cm³/mol. The van der Waals surface area contributed by atoms with Crippen molar-refractivity contribution in [2.24, 2.45) is 0 Å². The monoisotopic (exact) mass is 303 g/mol. The average molecular weight is 303 g/mol. The Balaban J connectivity index is 1.76. The Hall–Kier alpha value is -2.04. The fourth-order valence-electron chi connectivity index (χ4n) is 2.60. The Morgan fingerprint density at radius 1 is 1.05 bits per heavy atom. The molecular weight excluding hydrogens is 278 g/mol. The maximum Gasteiger partial charge on any atom is 0.312 e. The minimum absolute atomic E-state index is 0.399. The van der Waals surface area contributed by atoms with Gasteiger partial charge in [0.05, 0.1) is 0 Å². The van der Waals surface area contributed by atoms with Gasteiger partial charge in [0.2, 0.25) is 0 Å². The number of carbonyl (C=O) groups excluding carboxylic acids is 2. The van der Waals surface area contributed by atoms with Crippen LogP contribution in [-0.2, 0) is 9.59 Å². The van der Waals surface area contributed by atoms with Gasteiger partial charge in [-0.05, 0) is 18.6 Å². The molecule has 1 heterocycles. The van der Waals surface area contributed by atoms with Crippen molar-refractivity contribution in [1.29, 1.82) is 0 Å². The highest BCUT2D eigenvalue weighted by Gasteiger charge is 2.25. The van der Waals surface area contributed by atoms with Crippen LogP contribution in [0.25, 0.3) is 0 Å². The topological polar surface area (TPSA) is 52.7 Å². The molecule has 1 aromatic carbocycles. The summed E-state index contributed by atoms with van der Waals surface area (Å²) >= 11 is 0. The number of rotatable bonds is 5. The first-order valence-corrected chi connectivity index (χ1v) is 8.09. The molecule has 0 spiro atoms. The summed E-state index contributed by atoms with van der Waals surface area (Å²) in [7, 11) is 0. The van der Waals surface area contributed by atoms with Gasteiger partial charge in [0.1, 0.15) is 0 Å². The lowest BCUT2D eigenvalue weighted by atomic mass is 10.2. The van der Waals surface area contributed by atoms with Gasteiger partial charge in [-0.3, -0.25) is 9.59 Å². The second-order valence-electron chi connectivity index (χ2n) is 5.58. The van der Waals surface area contributed by atoms with Crippen molar-refractivity contribution in [2.75, 3.05) is 37.6 Å². The lowest BCUT2D eigenvalue weighted by Crippen LogP contribution is -2.52. The molecule has 1 aliphatic rings. The Kier molecular flexibility index (Phi) is 6.25. The molecule has 1 saturated heterocycles. The largest absolute Gasteiger partial charge is 0.368 e. The SMILES string of the molecule is CCCCCNC(=O)C(=O)N1CCN(c2ccccc2)CC1. The number of piperazine rings is 1. The Morgan fingerprint density at radius 3 is 2.36 bits per heavy atom. The molecule has 1 fully saturated rings. The minimum atomic E-state index is -0.468. The van der Waals surface area contributed by atoms with Gasteiger partial charge in [-0.15, -0.1) is 0 Å². The summed E-state index contributed by atoms with van der Waals surface area (Å²) in [6.45, 7) is 5.41. The fraction of sp³-hybridized carbons (Fsp3) is 0.529. The number of hydrogen-bond acceptors (Lipinski definition) is 3. The van der Waals surface area contributed by atoms with Crippen LogP contribution in [0.3, 0.4) is 0 Å². The summed E-state index contributed by atoms with van der Waals surface area (Å²) < 4.78 is 0. The number of carbonyl (C=O) groups is 2. The molecule has 1 N–H and O–H groups in total. The number of nitrogens with one attached hydrogen (secondary N) is 1. The second-order valence-corrected chi connectivity index (χ2v) is 5.58. The highest BCUT2D eigenvalue weighted by atomic mass is 16.2. The summed E-state index contributed by atoms with van der Waals surface area (Å²) in [6, 6.07) is 10.1. The number of nitrogens with zero attached hydrogens (tertiary/aromatic N) is 2. The van der Waals surface area contributed by atoms with E-state index in [4.69, 9.17) is 0 Å². The average Bonchev–Trinajstić information content (AvgIpc) is 2.59. The molecule has 0 atom stereocenters. The zero-order chi connectivity index (χ0) is 15.8. The first kappa shape index (κ1) is 16.3. The van der Waals surface area contributed by atoms with Gasteiger partial charge in [0, 0.05) is 38.4 Å². The van der Waals surface area contributed by atoms with E-state index in [1.165, 1.54) is 5.69 Å². The van der Waals surface area contributed by atoms with Crippen LogP contribution in [0.5, 0.6) is 0 Å². The molecule has 1 aromatic rings. The summed E-state index contributed by atoms with van der Waals surface area (Å²) in [5, 5.41) is 2.71. The Labute approximate surface area is 132 Å². The maximum atomic E-state index is 12.1. The Bertz CT molecular complexity index is 482. The molecular formula is C17H25N3O2. The van der Waals surface area contributed by atoms with Crippen molar-refractivity contribution in [3.8, 4) is 0 Å². The van der Waals surface area contributed by atoms with E-state index in [0.29, 0.717) is 19.6 Å². The van der Waals surface area contributed by atoms with Gasteiger partial charge in [-0.25, -0.2) is 0 Å². The zero-order valence-corrected chi connectivity index (χ0v) is 13.3. The molecule has 0 unspecified atom stereocenters. The molecule has 0 aromatic heterocycles. The van der Waals surface area contributed by atoms with Crippen LogP contribution in [0.15, 0.2) is 30.3 Å². The third kappa shape index (κ3) is 4.48. The third-order valence-corrected chi connectivity index (χ3v) is 3.95. The van der Waals surface area contributed by atoms with Crippen LogP contribution in [0.4, 0.5) is 5.69 Å². The molecule has 0 aliphatic carbocycles. The Morgan fingerprint density at radius 2 is 1.73 bits per heavy atom. The summed E-state index contributed by atoms with van der Waals surface area (Å²) in [5.41, 5.74) is 1.17. The number of para-hydroxylation sites is 1. The minimum Gasteiger partial charge on any atom is -0.368 e. The van der Waals surface area contributed by atoms with Crippen LogP contribution in [-0.4, -0.2) is 49.4 Å². The fourth-order valence-corrected chi connectivity index (χ4v) is 2.60. The lowest BCUT2D eigenvalue weighted by Gasteiger charge is -2.35. The van der Waals surface area contributed by atoms with Crippen molar-refractivity contribution < 1.29 is 9.59 Å². The van der Waals surface area contributed by atoms with Crippen LogP contribution in [0, 0.1) is 0 Å². The van der Waals surface area contributed by atoms with Gasteiger partial charge < -0.3 is 15.1 Å². The van der Waals surface area contributed by atoms with Gasteiger partial charge in [0.15, 0.2) is 0 Å². The highest BCUT2D eigenvalue weighted by Crippen LogP contribution is 2.15. The molecule has 1 aliphatic heterocycles. The summed E-state index contributed by atoms with van der Waals surface area (Å²) in [4.78, 5) is 27.8. The van der Waals surface area contributed by atoms with E-state index < -0.39 is 11.8 Å². The van der Waals surface area contributed by atoms with E-state index in [2.05, 4.69) is 29.3 Å². The number of hydrogen-bond donors (Lipinski definition) is 1. The number of anilines is 1. The van der Waals surface area contributed by atoms with E-state index in [0.717, 1.165) is 32.4 Å². The van der Waals surface area contributed by atoms with E-state index in [-0.39, 0.29) is 0 Å². The second kappa shape index (κ2) is 8.41. The van der Waals surface area contributed by atoms with E-state index >= 15 is 0 Å². The standard InChI is InChI=1S/C17H25N3O2/c1-2-3-7-10-18-16(21)17(22)20-13-11-19(12-14-20)15-8-5-4-6-9-15/h4-6,8-9H,2-3,7,10-14H2,1H3,(H,18,21). The third-order valence-electron chi connectivity index (χ3n) is 3.95. The lowest BCUT2D eigenvalue weighted by molar-refractivity contribution is -0.146. The number of amides is 2. The van der Waals surface area contributed by atoms with E-state index in [9.17, 15) is 9.59 Å². The smallest absolute Gasteiger partial charge is 0.312 e. The van der Waals surface area contributed by atoms with Crippen molar-refractivity contribution in [1.82, 2.24) is 10.2 Å². The van der Waals surface area contributed by atoms with Crippen molar-refractivity contribution in [2.45, 2.75) is 26.2 Å². The van der Waals surface area contributed by atoms with Gasteiger partial charge in [-0.2, -0.15) is 0 Å². The molecule has 5 heteroatoms. The number of benzene rings is 1. The molecule has 22 heavy (non-hydrogen) atoms. The summed E-state index contributed by atoms with van der Waals surface area (Å²) in [6.07, 6.45) is 3.10. The molecule has 5 nitrogen and oxygen atoms in total. The van der Waals surface area contributed by atoms with Crippen molar-refractivity contribution in [3.05, 3.63) is 30.3 Å². The van der Waals surface area contributed by atoms with Gasteiger partial charge in [-0.1, -0.05) is 38.0 Å². The quantitative estimate of drug-likeness (QED) is 0.664. The predicted octanol–water partition coefficient (Wildman–Crippen LogP) is 1.64. The van der Waals surface area contributed by atoms with Crippen LogP contribution in [0.2, 0.25) is 0 Å². The van der Waals surface area contributed by atoms with E-state index in [1.807, 2.05) is 18.2 Å².